The largest absolute Gasteiger partial charge is 0.481 e. The summed E-state index contributed by atoms with van der Waals surface area (Å²) in [7, 11) is 1.51. The van der Waals surface area contributed by atoms with E-state index >= 15 is 0 Å². The van der Waals surface area contributed by atoms with Crippen LogP contribution in [0, 0.1) is 5.41 Å². The number of aliphatic hydroxyl groups excluding tert-OH is 1. The molecule has 2 aliphatic heterocycles. The minimum absolute atomic E-state index is 0.0265. The summed E-state index contributed by atoms with van der Waals surface area (Å²) in [4.78, 5) is 33.0. The lowest BCUT2D eigenvalue weighted by Crippen LogP contribution is -2.51. The Hall–Kier alpha value is -2.15. The smallest absolute Gasteiger partial charge is 0.254 e. The minimum atomic E-state index is -0.486. The lowest BCUT2D eigenvalue weighted by molar-refractivity contribution is -0.146. The fourth-order valence-electron chi connectivity index (χ4n) is 3.75. The number of carbonyl (C=O) groups is 2. The molecule has 2 amide bonds. The fraction of sp³-hybridized carbons (Fsp3) is 0.588. The fourth-order valence-corrected chi connectivity index (χ4v) is 3.75. The zero-order chi connectivity index (χ0) is 17.2. The highest BCUT2D eigenvalue weighted by Crippen LogP contribution is 2.40. The molecule has 2 aliphatic rings. The normalized spacial score (nSPS) is 23.8. The Balaban J connectivity index is 1.74. The SMILES string of the molecule is COc1cc(C(=O)N2CCC3(CCCN(CCO)C3=O)C2)ccn1. The van der Waals surface area contributed by atoms with Crippen molar-refractivity contribution < 1.29 is 19.4 Å². The standard InChI is InChI=1S/C17H23N3O4/c1-24-14-11-13(3-6-18-14)15(22)20-8-5-17(12-20)4-2-7-19(9-10-21)16(17)23/h3,6,11,21H,2,4-5,7-10,12H2,1H3. The van der Waals surface area contributed by atoms with Crippen molar-refractivity contribution in [3.05, 3.63) is 23.9 Å². The monoisotopic (exact) mass is 333 g/mol. The van der Waals surface area contributed by atoms with Gasteiger partial charge in [0, 0.05) is 44.0 Å². The van der Waals surface area contributed by atoms with Crippen LogP contribution in [0.2, 0.25) is 0 Å². The van der Waals surface area contributed by atoms with Gasteiger partial charge < -0.3 is 19.6 Å². The zero-order valence-corrected chi connectivity index (χ0v) is 13.9. The first kappa shape index (κ1) is 16.7. The Kier molecular flexibility index (Phi) is 4.71. The third kappa shape index (κ3) is 2.96. The van der Waals surface area contributed by atoms with E-state index in [1.807, 2.05) is 0 Å². The van der Waals surface area contributed by atoms with Crippen LogP contribution in [0.3, 0.4) is 0 Å². The molecule has 7 nitrogen and oxygen atoms in total. The molecule has 0 aromatic carbocycles. The maximum absolute atomic E-state index is 12.8. The zero-order valence-electron chi connectivity index (χ0n) is 13.9. The highest BCUT2D eigenvalue weighted by molar-refractivity contribution is 5.95. The molecule has 3 rings (SSSR count). The number of piperidine rings is 1. The number of carbonyl (C=O) groups excluding carboxylic acids is 2. The number of hydrogen-bond acceptors (Lipinski definition) is 5. The summed E-state index contributed by atoms with van der Waals surface area (Å²) in [6, 6.07) is 3.28. The minimum Gasteiger partial charge on any atom is -0.481 e. The second-order valence-corrected chi connectivity index (χ2v) is 6.46. The molecule has 1 unspecified atom stereocenters. The molecule has 0 bridgehead atoms. The average molecular weight is 333 g/mol. The van der Waals surface area contributed by atoms with Gasteiger partial charge in [-0.25, -0.2) is 4.98 Å². The molecule has 0 aliphatic carbocycles. The Morgan fingerprint density at radius 3 is 3.00 bits per heavy atom. The van der Waals surface area contributed by atoms with Gasteiger partial charge in [0.1, 0.15) is 0 Å². The van der Waals surface area contributed by atoms with E-state index in [2.05, 4.69) is 4.98 Å². The van der Waals surface area contributed by atoms with Crippen LogP contribution >= 0.6 is 0 Å². The first-order valence-corrected chi connectivity index (χ1v) is 8.29. The van der Waals surface area contributed by atoms with Crippen molar-refractivity contribution in [2.24, 2.45) is 5.41 Å². The van der Waals surface area contributed by atoms with Crippen molar-refractivity contribution in [2.75, 3.05) is 39.9 Å². The van der Waals surface area contributed by atoms with E-state index < -0.39 is 5.41 Å². The van der Waals surface area contributed by atoms with E-state index in [0.717, 1.165) is 12.8 Å². The lowest BCUT2D eigenvalue weighted by atomic mass is 9.78. The molecule has 1 atom stereocenters. The summed E-state index contributed by atoms with van der Waals surface area (Å²) in [6.07, 6.45) is 3.95. The van der Waals surface area contributed by atoms with Crippen molar-refractivity contribution in [1.29, 1.82) is 0 Å². The molecule has 7 heteroatoms. The number of ether oxygens (including phenoxy) is 1. The number of methoxy groups -OCH3 is 1. The van der Waals surface area contributed by atoms with Gasteiger partial charge in [-0.3, -0.25) is 9.59 Å². The number of aromatic nitrogens is 1. The van der Waals surface area contributed by atoms with Crippen molar-refractivity contribution in [2.45, 2.75) is 19.3 Å². The molecule has 0 saturated carbocycles. The predicted octanol–water partition coefficient (Wildman–Crippen LogP) is 0.537. The van der Waals surface area contributed by atoms with Crippen LogP contribution in [0.25, 0.3) is 0 Å². The van der Waals surface area contributed by atoms with Crippen LogP contribution in [0.4, 0.5) is 0 Å². The van der Waals surface area contributed by atoms with E-state index in [1.165, 1.54) is 7.11 Å². The van der Waals surface area contributed by atoms with Crippen LogP contribution in [0.1, 0.15) is 29.6 Å². The van der Waals surface area contributed by atoms with E-state index in [9.17, 15) is 9.59 Å². The molecule has 2 fully saturated rings. The Labute approximate surface area is 141 Å². The number of hydrogen-bond donors (Lipinski definition) is 1. The van der Waals surface area contributed by atoms with Gasteiger partial charge in [0.2, 0.25) is 11.8 Å². The maximum Gasteiger partial charge on any atom is 0.254 e. The number of pyridine rings is 1. The number of amides is 2. The molecule has 3 heterocycles. The molecule has 1 N–H and O–H groups in total. The average Bonchev–Trinajstić information content (AvgIpc) is 3.04. The van der Waals surface area contributed by atoms with Crippen molar-refractivity contribution in [3.63, 3.8) is 0 Å². The Morgan fingerprint density at radius 1 is 1.42 bits per heavy atom. The van der Waals surface area contributed by atoms with Gasteiger partial charge in [-0.2, -0.15) is 0 Å². The molecule has 130 valence electrons. The van der Waals surface area contributed by atoms with Crippen LogP contribution in [-0.2, 0) is 4.79 Å². The van der Waals surface area contributed by atoms with Gasteiger partial charge in [0.15, 0.2) is 0 Å². The highest BCUT2D eigenvalue weighted by Gasteiger charge is 2.49. The number of aliphatic hydroxyl groups is 1. The van der Waals surface area contributed by atoms with E-state index in [0.29, 0.717) is 44.0 Å². The summed E-state index contributed by atoms with van der Waals surface area (Å²) in [5.41, 5.74) is 0.0367. The molecule has 1 aromatic rings. The van der Waals surface area contributed by atoms with Crippen molar-refractivity contribution in [3.8, 4) is 5.88 Å². The third-order valence-electron chi connectivity index (χ3n) is 5.03. The lowest BCUT2D eigenvalue weighted by Gasteiger charge is -2.39. The molecule has 2 saturated heterocycles. The third-order valence-corrected chi connectivity index (χ3v) is 5.03. The summed E-state index contributed by atoms with van der Waals surface area (Å²) < 4.78 is 5.07. The molecule has 24 heavy (non-hydrogen) atoms. The number of likely N-dealkylation sites (tertiary alicyclic amines) is 2. The van der Waals surface area contributed by atoms with Gasteiger partial charge in [-0.15, -0.1) is 0 Å². The molecular formula is C17H23N3O4. The van der Waals surface area contributed by atoms with Crippen LogP contribution < -0.4 is 4.74 Å². The number of β-amino-alcohol motifs (C(OH)–C–C–N with tert-alkyl or cyclic N) is 1. The quantitative estimate of drug-likeness (QED) is 0.869. The number of rotatable bonds is 4. The van der Waals surface area contributed by atoms with Gasteiger partial charge in [-0.1, -0.05) is 0 Å². The highest BCUT2D eigenvalue weighted by atomic mass is 16.5. The van der Waals surface area contributed by atoms with Crippen molar-refractivity contribution in [1.82, 2.24) is 14.8 Å². The van der Waals surface area contributed by atoms with Crippen LogP contribution in [0.5, 0.6) is 5.88 Å². The van der Waals surface area contributed by atoms with E-state index in [1.54, 1.807) is 28.1 Å². The van der Waals surface area contributed by atoms with Crippen LogP contribution in [-0.4, -0.2) is 71.6 Å². The van der Waals surface area contributed by atoms with Crippen molar-refractivity contribution >= 4 is 11.8 Å². The van der Waals surface area contributed by atoms with Crippen LogP contribution in [0.15, 0.2) is 18.3 Å². The topological polar surface area (TPSA) is 83.0 Å². The van der Waals surface area contributed by atoms with E-state index in [4.69, 9.17) is 9.84 Å². The first-order valence-electron chi connectivity index (χ1n) is 8.29. The molecule has 1 aromatic heterocycles. The van der Waals surface area contributed by atoms with Gasteiger partial charge in [0.25, 0.3) is 5.91 Å². The summed E-state index contributed by atoms with van der Waals surface area (Å²) in [5, 5.41) is 9.13. The Bertz CT molecular complexity index is 634. The molecule has 0 radical (unpaired) electrons. The molecular weight excluding hydrogens is 310 g/mol. The maximum atomic E-state index is 12.8. The number of nitrogens with zero attached hydrogens (tertiary/aromatic N) is 3. The summed E-state index contributed by atoms with van der Waals surface area (Å²) in [5.74, 6) is 0.377. The second-order valence-electron chi connectivity index (χ2n) is 6.46. The Morgan fingerprint density at radius 2 is 2.25 bits per heavy atom. The summed E-state index contributed by atoms with van der Waals surface area (Å²) in [6.45, 7) is 2.05. The summed E-state index contributed by atoms with van der Waals surface area (Å²) >= 11 is 0. The first-order chi connectivity index (χ1) is 11.6. The van der Waals surface area contributed by atoms with Gasteiger partial charge >= 0.3 is 0 Å². The van der Waals surface area contributed by atoms with Gasteiger partial charge in [0.05, 0.1) is 19.1 Å². The molecule has 1 spiro atoms. The van der Waals surface area contributed by atoms with Gasteiger partial charge in [-0.05, 0) is 25.3 Å². The second kappa shape index (κ2) is 6.76. The predicted molar refractivity (Wildman–Crippen MR) is 86.6 cm³/mol. The van der Waals surface area contributed by atoms with E-state index in [-0.39, 0.29) is 18.4 Å².